The van der Waals surface area contributed by atoms with Crippen molar-refractivity contribution in [1.29, 1.82) is 0 Å². The lowest BCUT2D eigenvalue weighted by Crippen LogP contribution is -2.49. The van der Waals surface area contributed by atoms with Crippen LogP contribution in [0.2, 0.25) is 0 Å². The number of hydrogen-bond acceptors (Lipinski definition) is 6. The Hall–Kier alpha value is -3.43. The summed E-state index contributed by atoms with van der Waals surface area (Å²) >= 11 is 0. The molecule has 0 radical (unpaired) electrons. The summed E-state index contributed by atoms with van der Waals surface area (Å²) in [5.41, 5.74) is 4.41. The zero-order valence-electron chi connectivity index (χ0n) is 18.1. The Morgan fingerprint density at radius 3 is 2.27 bits per heavy atom. The molecule has 0 bridgehead atoms. The zero-order valence-corrected chi connectivity index (χ0v) is 18.1. The van der Waals surface area contributed by atoms with Crippen molar-refractivity contribution in [2.75, 3.05) is 26.8 Å². The van der Waals surface area contributed by atoms with E-state index in [4.69, 9.17) is 9.47 Å². The number of methoxy groups -OCH3 is 1. The Morgan fingerprint density at radius 2 is 1.70 bits per heavy atom. The monoisotopic (exact) mass is 454 g/mol. The average molecular weight is 454 g/mol. The molecule has 2 amide bonds. The predicted molar refractivity (Wildman–Crippen MR) is 118 cm³/mol. The van der Waals surface area contributed by atoms with E-state index in [1.54, 1.807) is 0 Å². The van der Waals surface area contributed by atoms with Crippen LogP contribution >= 0.6 is 0 Å². The molecule has 2 aromatic rings. The van der Waals surface area contributed by atoms with Crippen LogP contribution in [-0.4, -0.2) is 78.1 Å². The van der Waals surface area contributed by atoms with Gasteiger partial charge in [-0.25, -0.2) is 9.59 Å². The molecule has 0 spiro atoms. The van der Waals surface area contributed by atoms with Crippen molar-refractivity contribution >= 4 is 18.0 Å². The molecule has 174 valence electrons. The van der Waals surface area contributed by atoms with Crippen LogP contribution in [0.15, 0.2) is 48.5 Å². The molecule has 2 aromatic carbocycles. The number of hydrogen-bond donors (Lipinski definition) is 3. The summed E-state index contributed by atoms with van der Waals surface area (Å²) in [7, 11) is 1.30. The molecule has 3 N–H and O–H groups in total. The van der Waals surface area contributed by atoms with Crippen molar-refractivity contribution in [3.05, 3.63) is 59.7 Å². The molecule has 1 heterocycles. The van der Waals surface area contributed by atoms with E-state index in [1.165, 1.54) is 7.11 Å². The maximum absolute atomic E-state index is 12.7. The van der Waals surface area contributed by atoms with Gasteiger partial charge in [0.15, 0.2) is 6.10 Å². The van der Waals surface area contributed by atoms with Gasteiger partial charge < -0.3 is 29.9 Å². The van der Waals surface area contributed by atoms with Crippen molar-refractivity contribution in [3.8, 4) is 11.1 Å². The third-order valence-electron chi connectivity index (χ3n) is 6.18. The molecule has 0 saturated carbocycles. The fourth-order valence-corrected chi connectivity index (χ4v) is 4.57. The van der Waals surface area contributed by atoms with Crippen molar-refractivity contribution < 1.29 is 34.1 Å². The molecular formula is C24H26N2O7. The highest BCUT2D eigenvalue weighted by Gasteiger charge is 2.41. The van der Waals surface area contributed by atoms with E-state index < -0.39 is 36.2 Å². The second-order valence-electron chi connectivity index (χ2n) is 8.16. The standard InChI is InChI=1S/C24H26N2O7/c1-32-21(22(28)26-12-14(27)10-20(26)23(29)30)11-25-24(31)33-13-19-17-8-4-2-6-15(17)16-7-3-5-9-18(16)19/h2-9,14,19-21,27H,10-13H2,1H3,(H,25,31)(H,29,30)/t14-,20-,21?/m0/s1. The molecule has 1 saturated heterocycles. The summed E-state index contributed by atoms with van der Waals surface area (Å²) in [6, 6.07) is 14.8. The molecule has 0 aromatic heterocycles. The predicted octanol–water partition coefficient (Wildman–Crippen LogP) is 1.59. The third-order valence-corrected chi connectivity index (χ3v) is 6.18. The molecule has 2 aliphatic rings. The number of carbonyl (C=O) groups excluding carboxylic acids is 2. The maximum atomic E-state index is 12.7. The van der Waals surface area contributed by atoms with E-state index in [1.807, 2.05) is 48.5 Å². The van der Waals surface area contributed by atoms with Crippen molar-refractivity contribution in [2.45, 2.75) is 30.6 Å². The van der Waals surface area contributed by atoms with Crippen LogP contribution < -0.4 is 5.32 Å². The lowest BCUT2D eigenvalue weighted by atomic mass is 9.98. The number of nitrogens with zero attached hydrogens (tertiary/aromatic N) is 1. The summed E-state index contributed by atoms with van der Waals surface area (Å²) in [5.74, 6) is -1.90. The van der Waals surface area contributed by atoms with Gasteiger partial charge in [-0.2, -0.15) is 0 Å². The van der Waals surface area contributed by atoms with Gasteiger partial charge in [0.05, 0.1) is 12.6 Å². The van der Waals surface area contributed by atoms with E-state index in [0.717, 1.165) is 27.2 Å². The van der Waals surface area contributed by atoms with Gasteiger partial charge in [0.1, 0.15) is 12.6 Å². The number of benzene rings is 2. The first-order valence-corrected chi connectivity index (χ1v) is 10.7. The molecule has 1 aliphatic carbocycles. The van der Waals surface area contributed by atoms with Gasteiger partial charge in [0.2, 0.25) is 0 Å². The Morgan fingerprint density at radius 1 is 1.09 bits per heavy atom. The number of rotatable bonds is 7. The van der Waals surface area contributed by atoms with E-state index in [0.29, 0.717) is 0 Å². The minimum absolute atomic E-state index is 0.0443. The Kier molecular flexibility index (Phi) is 6.62. The van der Waals surface area contributed by atoms with Gasteiger partial charge in [-0.15, -0.1) is 0 Å². The van der Waals surface area contributed by atoms with Gasteiger partial charge in [-0.3, -0.25) is 4.79 Å². The molecule has 4 rings (SSSR count). The number of nitrogens with one attached hydrogen (secondary N) is 1. The minimum atomic E-state index is -1.20. The summed E-state index contributed by atoms with van der Waals surface area (Å²) in [6.45, 7) is -0.156. The van der Waals surface area contributed by atoms with E-state index in [2.05, 4.69) is 5.32 Å². The Labute approximate surface area is 190 Å². The molecule has 9 heteroatoms. The van der Waals surface area contributed by atoms with Gasteiger partial charge in [-0.05, 0) is 22.3 Å². The quantitative estimate of drug-likeness (QED) is 0.580. The highest BCUT2D eigenvalue weighted by molar-refractivity contribution is 5.87. The number of aliphatic hydroxyl groups is 1. The Bertz CT molecular complexity index is 1010. The van der Waals surface area contributed by atoms with Gasteiger partial charge in [-0.1, -0.05) is 48.5 Å². The summed E-state index contributed by atoms with van der Waals surface area (Å²) < 4.78 is 10.6. The van der Waals surface area contributed by atoms with Crippen LogP contribution in [0, 0.1) is 0 Å². The van der Waals surface area contributed by atoms with Crippen LogP contribution in [0.25, 0.3) is 11.1 Å². The summed E-state index contributed by atoms with van der Waals surface area (Å²) in [6.07, 6.45) is -2.76. The van der Waals surface area contributed by atoms with Crippen LogP contribution in [0.3, 0.4) is 0 Å². The normalized spacial score (nSPS) is 20.1. The van der Waals surface area contributed by atoms with Crippen LogP contribution in [0.1, 0.15) is 23.5 Å². The lowest BCUT2D eigenvalue weighted by molar-refractivity contribution is -0.152. The molecule has 1 fully saturated rings. The number of ether oxygens (including phenoxy) is 2. The van der Waals surface area contributed by atoms with Crippen molar-refractivity contribution in [3.63, 3.8) is 0 Å². The number of aliphatic carboxylic acids is 1. The molecular weight excluding hydrogens is 428 g/mol. The van der Waals surface area contributed by atoms with Crippen LogP contribution in [-0.2, 0) is 19.1 Å². The first-order chi connectivity index (χ1) is 15.9. The number of fused-ring (bicyclic) bond motifs is 3. The molecule has 9 nitrogen and oxygen atoms in total. The van der Waals surface area contributed by atoms with E-state index in [9.17, 15) is 24.6 Å². The first-order valence-electron chi connectivity index (χ1n) is 10.7. The first kappa shape index (κ1) is 22.8. The highest BCUT2D eigenvalue weighted by atomic mass is 16.5. The molecule has 33 heavy (non-hydrogen) atoms. The number of alkyl carbamates (subject to hydrolysis) is 1. The Balaban J connectivity index is 1.35. The zero-order chi connectivity index (χ0) is 23.5. The second kappa shape index (κ2) is 9.60. The topological polar surface area (TPSA) is 125 Å². The number of amides is 2. The molecule has 3 atom stereocenters. The van der Waals surface area contributed by atoms with Gasteiger partial charge in [0.25, 0.3) is 5.91 Å². The smallest absolute Gasteiger partial charge is 0.407 e. The van der Waals surface area contributed by atoms with Crippen molar-refractivity contribution in [1.82, 2.24) is 10.2 Å². The van der Waals surface area contributed by atoms with Gasteiger partial charge >= 0.3 is 12.1 Å². The number of likely N-dealkylation sites (tertiary alicyclic amines) is 1. The summed E-state index contributed by atoms with van der Waals surface area (Å²) in [5, 5.41) is 21.6. The molecule has 1 unspecified atom stereocenters. The fraction of sp³-hybridized carbons (Fsp3) is 0.375. The molecule has 1 aliphatic heterocycles. The number of carboxylic acid groups (broad SMARTS) is 1. The number of carbonyl (C=O) groups is 3. The van der Waals surface area contributed by atoms with E-state index in [-0.39, 0.29) is 32.0 Å². The van der Waals surface area contributed by atoms with Crippen molar-refractivity contribution in [2.24, 2.45) is 0 Å². The SMILES string of the molecule is COC(CNC(=O)OCC1c2ccccc2-c2ccccc21)C(=O)N1C[C@@H](O)C[C@H]1C(=O)O. The fourth-order valence-electron chi connectivity index (χ4n) is 4.57. The summed E-state index contributed by atoms with van der Waals surface area (Å²) in [4.78, 5) is 37.5. The van der Waals surface area contributed by atoms with Crippen LogP contribution in [0.4, 0.5) is 4.79 Å². The second-order valence-corrected chi connectivity index (χ2v) is 8.16. The third kappa shape index (κ3) is 4.55. The van der Waals surface area contributed by atoms with E-state index >= 15 is 0 Å². The lowest BCUT2D eigenvalue weighted by Gasteiger charge is -2.26. The maximum Gasteiger partial charge on any atom is 0.407 e. The number of carboxylic acids is 1. The minimum Gasteiger partial charge on any atom is -0.480 e. The average Bonchev–Trinajstić information content (AvgIpc) is 3.36. The number of aliphatic hydroxyl groups excluding tert-OH is 1. The van der Waals surface area contributed by atoms with Gasteiger partial charge in [0, 0.05) is 26.0 Å². The largest absolute Gasteiger partial charge is 0.480 e. The highest BCUT2D eigenvalue weighted by Crippen LogP contribution is 2.44. The number of β-amino-alcohol motifs (C(OH)–C–C–N with tert-alkyl or cyclic N) is 1. The van der Waals surface area contributed by atoms with Crippen LogP contribution in [0.5, 0.6) is 0 Å².